The molecule has 0 saturated carbocycles. The van der Waals surface area contributed by atoms with E-state index in [0.717, 1.165) is 33.6 Å². The summed E-state index contributed by atoms with van der Waals surface area (Å²) in [5, 5.41) is 4.23. The second kappa shape index (κ2) is 6.78. The third-order valence-electron chi connectivity index (χ3n) is 5.94. The van der Waals surface area contributed by atoms with Crippen molar-refractivity contribution in [2.45, 2.75) is 0 Å². The first-order valence-corrected chi connectivity index (χ1v) is 10.2. The first kappa shape index (κ1) is 17.8. The molecule has 0 bridgehead atoms. The van der Waals surface area contributed by atoms with Gasteiger partial charge < -0.3 is 4.57 Å². The smallest absolute Gasteiger partial charge is 0.131 e. The number of hydrogen-bond donors (Lipinski definition) is 0. The average Bonchev–Trinajstić information content (AvgIpc) is 3.14. The lowest BCUT2D eigenvalue weighted by molar-refractivity contribution is 0.603. The fourth-order valence-corrected chi connectivity index (χ4v) is 4.61. The van der Waals surface area contributed by atoms with Crippen molar-refractivity contribution in [1.82, 2.24) is 4.57 Å². The number of nitrogens with zero attached hydrogens (tertiary/aromatic N) is 1. The monoisotopic (exact) mass is 405 g/mol. The van der Waals surface area contributed by atoms with Crippen molar-refractivity contribution in [2.24, 2.45) is 0 Å². The number of benzene rings is 5. The molecule has 3 heteroatoms. The molecule has 0 radical (unpaired) electrons. The van der Waals surface area contributed by atoms with Crippen LogP contribution < -0.4 is 0 Å². The molecule has 0 spiro atoms. The zero-order chi connectivity index (χ0) is 20.9. The third kappa shape index (κ3) is 2.67. The van der Waals surface area contributed by atoms with E-state index in [-0.39, 0.29) is 5.56 Å². The molecule has 0 atom stereocenters. The molecule has 1 nitrogen and oxygen atoms in total. The van der Waals surface area contributed by atoms with Crippen molar-refractivity contribution in [3.8, 4) is 16.8 Å². The largest absolute Gasteiger partial charge is 0.309 e. The van der Waals surface area contributed by atoms with E-state index in [1.54, 1.807) is 0 Å². The quantitative estimate of drug-likeness (QED) is 0.276. The van der Waals surface area contributed by atoms with Crippen molar-refractivity contribution in [3.63, 3.8) is 0 Å². The van der Waals surface area contributed by atoms with Crippen molar-refractivity contribution in [2.75, 3.05) is 0 Å². The highest BCUT2D eigenvalue weighted by Crippen LogP contribution is 2.37. The van der Waals surface area contributed by atoms with E-state index in [1.807, 2.05) is 54.6 Å². The maximum absolute atomic E-state index is 14.6. The molecule has 0 aliphatic rings. The molecular formula is C28H17F2N. The zero-order valence-corrected chi connectivity index (χ0v) is 16.5. The lowest BCUT2D eigenvalue weighted by Crippen LogP contribution is -1.96. The number of aromatic nitrogens is 1. The predicted octanol–water partition coefficient (Wildman–Crippen LogP) is 7.88. The Bertz CT molecular complexity index is 1560. The standard InChI is InChI=1S/C28H17F2N/c29-18-15-16-25(30)24(17-18)20-9-5-11-21-19(20)10-6-14-28(21)31-26-12-3-1-7-22(26)23-8-2-4-13-27(23)31/h1-17H. The lowest BCUT2D eigenvalue weighted by atomic mass is 9.97. The SMILES string of the molecule is Fc1ccc(F)c(-c2cccc3c(-n4c5ccccc5c5ccccc54)cccc23)c1. The molecule has 0 N–H and O–H groups in total. The van der Waals surface area contributed by atoms with Crippen LogP contribution in [0.2, 0.25) is 0 Å². The molecule has 31 heavy (non-hydrogen) atoms. The first-order chi connectivity index (χ1) is 15.2. The third-order valence-corrected chi connectivity index (χ3v) is 5.94. The molecular weight excluding hydrogens is 388 g/mol. The number of fused-ring (bicyclic) bond motifs is 4. The molecule has 1 aromatic heterocycles. The molecule has 0 amide bonds. The summed E-state index contributed by atoms with van der Waals surface area (Å²) in [6.07, 6.45) is 0. The summed E-state index contributed by atoms with van der Waals surface area (Å²) in [7, 11) is 0. The highest BCUT2D eigenvalue weighted by Gasteiger charge is 2.16. The van der Waals surface area contributed by atoms with E-state index in [4.69, 9.17) is 0 Å². The highest BCUT2D eigenvalue weighted by molar-refractivity contribution is 6.11. The highest BCUT2D eigenvalue weighted by atomic mass is 19.1. The average molecular weight is 405 g/mol. The van der Waals surface area contributed by atoms with E-state index in [0.29, 0.717) is 5.56 Å². The molecule has 6 aromatic rings. The van der Waals surface area contributed by atoms with Gasteiger partial charge in [-0.2, -0.15) is 0 Å². The summed E-state index contributed by atoms with van der Waals surface area (Å²) in [5.74, 6) is -0.886. The van der Waals surface area contributed by atoms with Gasteiger partial charge in [-0.25, -0.2) is 8.78 Å². The summed E-state index contributed by atoms with van der Waals surface area (Å²) in [6, 6.07) is 32.1. The van der Waals surface area contributed by atoms with Crippen LogP contribution >= 0.6 is 0 Å². The van der Waals surface area contributed by atoms with E-state index >= 15 is 0 Å². The molecule has 6 rings (SSSR count). The molecule has 0 fully saturated rings. The molecule has 1 heterocycles. The van der Waals surface area contributed by atoms with Gasteiger partial charge in [-0.05, 0) is 47.3 Å². The van der Waals surface area contributed by atoms with E-state index in [9.17, 15) is 8.78 Å². The van der Waals surface area contributed by atoms with Gasteiger partial charge >= 0.3 is 0 Å². The Morgan fingerprint density at radius 2 is 1.10 bits per heavy atom. The van der Waals surface area contributed by atoms with Crippen LogP contribution in [0.25, 0.3) is 49.4 Å². The maximum atomic E-state index is 14.6. The van der Waals surface area contributed by atoms with Crippen LogP contribution in [0.15, 0.2) is 103 Å². The van der Waals surface area contributed by atoms with Crippen LogP contribution in [0.4, 0.5) is 8.78 Å². The molecule has 0 aliphatic heterocycles. The van der Waals surface area contributed by atoms with E-state index in [1.165, 1.54) is 22.9 Å². The first-order valence-electron chi connectivity index (χ1n) is 10.2. The summed E-state index contributed by atoms with van der Waals surface area (Å²) in [4.78, 5) is 0. The lowest BCUT2D eigenvalue weighted by Gasteiger charge is -2.14. The van der Waals surface area contributed by atoms with Gasteiger partial charge in [-0.1, -0.05) is 66.7 Å². The summed E-state index contributed by atoms with van der Waals surface area (Å²) in [6.45, 7) is 0. The fourth-order valence-electron chi connectivity index (χ4n) is 4.61. The van der Waals surface area contributed by atoms with E-state index < -0.39 is 11.6 Å². The summed E-state index contributed by atoms with van der Waals surface area (Å²) < 4.78 is 30.8. The van der Waals surface area contributed by atoms with Crippen LogP contribution in [0.1, 0.15) is 0 Å². The molecule has 0 unspecified atom stereocenters. The van der Waals surface area contributed by atoms with Gasteiger partial charge in [0.15, 0.2) is 0 Å². The Kier molecular flexibility index (Phi) is 3.90. The minimum absolute atomic E-state index is 0.268. The molecule has 5 aromatic carbocycles. The minimum atomic E-state index is -0.452. The second-order valence-corrected chi connectivity index (χ2v) is 7.67. The number of para-hydroxylation sites is 2. The Morgan fingerprint density at radius 3 is 1.84 bits per heavy atom. The fraction of sp³-hybridized carbons (Fsp3) is 0. The molecule has 148 valence electrons. The normalized spacial score (nSPS) is 11.5. The van der Waals surface area contributed by atoms with Crippen molar-refractivity contribution in [1.29, 1.82) is 0 Å². The topological polar surface area (TPSA) is 4.93 Å². The number of rotatable bonds is 2. The van der Waals surface area contributed by atoms with Gasteiger partial charge in [0.1, 0.15) is 11.6 Å². The number of hydrogen-bond acceptors (Lipinski definition) is 0. The second-order valence-electron chi connectivity index (χ2n) is 7.67. The van der Waals surface area contributed by atoms with Gasteiger partial charge in [0, 0.05) is 21.7 Å². The Hall–Kier alpha value is -3.98. The minimum Gasteiger partial charge on any atom is -0.309 e. The molecule has 0 saturated heterocycles. The van der Waals surface area contributed by atoms with Crippen LogP contribution in [-0.4, -0.2) is 4.57 Å². The zero-order valence-electron chi connectivity index (χ0n) is 16.5. The summed E-state index contributed by atoms with van der Waals surface area (Å²) >= 11 is 0. The van der Waals surface area contributed by atoms with Crippen LogP contribution in [0, 0.1) is 11.6 Å². The van der Waals surface area contributed by atoms with Crippen LogP contribution in [0.3, 0.4) is 0 Å². The Balaban J connectivity index is 1.72. The van der Waals surface area contributed by atoms with Gasteiger partial charge in [0.05, 0.1) is 16.7 Å². The van der Waals surface area contributed by atoms with Crippen LogP contribution in [0.5, 0.6) is 0 Å². The van der Waals surface area contributed by atoms with E-state index in [2.05, 4.69) is 34.9 Å². The Labute approximate surface area is 177 Å². The number of halogens is 2. The predicted molar refractivity (Wildman–Crippen MR) is 124 cm³/mol. The van der Waals surface area contributed by atoms with Gasteiger partial charge in [-0.3, -0.25) is 0 Å². The van der Waals surface area contributed by atoms with Crippen molar-refractivity contribution < 1.29 is 8.78 Å². The van der Waals surface area contributed by atoms with Crippen LogP contribution in [-0.2, 0) is 0 Å². The van der Waals surface area contributed by atoms with Crippen molar-refractivity contribution >= 4 is 32.6 Å². The maximum Gasteiger partial charge on any atom is 0.131 e. The van der Waals surface area contributed by atoms with Gasteiger partial charge in [0.2, 0.25) is 0 Å². The Morgan fingerprint density at radius 1 is 0.484 bits per heavy atom. The summed E-state index contributed by atoms with van der Waals surface area (Å²) in [5.41, 5.74) is 4.17. The van der Waals surface area contributed by atoms with Crippen molar-refractivity contribution in [3.05, 3.63) is 115 Å². The van der Waals surface area contributed by atoms with Gasteiger partial charge in [0.25, 0.3) is 0 Å². The van der Waals surface area contributed by atoms with Gasteiger partial charge in [-0.15, -0.1) is 0 Å². The molecule has 0 aliphatic carbocycles.